The number of fused-ring (bicyclic) bond motifs is 3. The molecule has 0 atom stereocenters. The fourth-order valence-electron chi connectivity index (χ4n) is 4.85. The molecule has 1 aromatic heterocycles. The van der Waals surface area contributed by atoms with Crippen LogP contribution in [0.2, 0.25) is 0 Å². The molecule has 0 saturated heterocycles. The molecule has 0 spiro atoms. The third-order valence-corrected chi connectivity index (χ3v) is 6.27. The van der Waals surface area contributed by atoms with Gasteiger partial charge in [-0.15, -0.1) is 0 Å². The van der Waals surface area contributed by atoms with E-state index >= 15 is 0 Å². The second-order valence-corrected chi connectivity index (χ2v) is 8.25. The van der Waals surface area contributed by atoms with Crippen molar-refractivity contribution >= 4 is 32.6 Å². The second-order valence-electron chi connectivity index (χ2n) is 8.25. The summed E-state index contributed by atoms with van der Waals surface area (Å²) in [5, 5.41) is -0.780. The lowest BCUT2D eigenvalue weighted by Crippen LogP contribution is -2.00. The highest BCUT2D eigenvalue weighted by Crippen LogP contribution is 2.45. The minimum Gasteiger partial charge on any atom is -0.296 e. The normalized spacial score (nSPS) is 16.5. The molecule has 0 bridgehead atoms. The molecule has 0 amide bonds. The van der Waals surface area contributed by atoms with E-state index in [4.69, 9.17) is 15.1 Å². The molecule has 2 heteroatoms. The lowest BCUT2D eigenvalue weighted by atomic mass is 9.85. The molecule has 0 saturated carbocycles. The van der Waals surface area contributed by atoms with Gasteiger partial charge in [-0.25, -0.2) is 4.98 Å². The van der Waals surface area contributed by atoms with E-state index in [1.54, 1.807) is 31.2 Å². The Morgan fingerprint density at radius 2 is 1.17 bits per heavy atom. The van der Waals surface area contributed by atoms with Crippen molar-refractivity contribution in [3.63, 3.8) is 0 Å². The topological polar surface area (TPSA) is 17.8 Å². The van der Waals surface area contributed by atoms with Gasteiger partial charge in [0.25, 0.3) is 0 Å². The van der Waals surface area contributed by atoms with Crippen LogP contribution in [0.25, 0.3) is 60.5 Å². The molecular formula is C34H24N2. The van der Waals surface area contributed by atoms with Gasteiger partial charge in [0.1, 0.15) is 5.82 Å². The maximum absolute atomic E-state index is 9.22. The lowest BCUT2D eigenvalue weighted by molar-refractivity contribution is 1.00. The predicted octanol–water partition coefficient (Wildman–Crippen LogP) is 8.97. The summed E-state index contributed by atoms with van der Waals surface area (Å²) in [6.45, 7) is 1.80. The molecule has 7 aromatic rings. The number of hydrogen-bond acceptors (Lipinski definition) is 1. The number of imidazole rings is 1. The zero-order chi connectivity index (χ0) is 35.4. The first-order valence-electron chi connectivity index (χ1n) is 17.8. The van der Waals surface area contributed by atoms with Crippen molar-refractivity contribution in [2.45, 2.75) is 6.92 Å². The van der Waals surface area contributed by atoms with Gasteiger partial charge in [0, 0.05) is 5.56 Å². The number of nitrogens with zero attached hydrogens (tertiary/aromatic N) is 2. The lowest BCUT2D eigenvalue weighted by Gasteiger charge is -2.20. The van der Waals surface area contributed by atoms with Crippen LogP contribution in [0.4, 0.5) is 0 Å². The average Bonchev–Trinajstić information content (AvgIpc) is 3.44. The SMILES string of the molecule is [2H]c1c([2H])c([2H])c(-c2c3c([2H])c([2H])c([2H])c([2H])c3c(-c3ccccc3-n3c(C)nc4ccccc43)c3c([2H])c([2H])c([2H])c([2H])c23)c([2H])c1[2H]. The van der Waals surface area contributed by atoms with E-state index in [0.29, 0.717) is 22.6 Å². The molecule has 7 rings (SSSR count). The van der Waals surface area contributed by atoms with Crippen LogP contribution in [0, 0.1) is 6.92 Å². The van der Waals surface area contributed by atoms with E-state index in [1.807, 2.05) is 28.8 Å². The summed E-state index contributed by atoms with van der Waals surface area (Å²) in [5.74, 6) is 0.585. The molecule has 0 aliphatic rings. The summed E-state index contributed by atoms with van der Waals surface area (Å²) in [4.78, 5) is 4.69. The zero-order valence-electron chi connectivity index (χ0n) is 32.0. The highest BCUT2D eigenvalue weighted by atomic mass is 15.1. The molecule has 170 valence electrons. The molecule has 0 aliphatic carbocycles. The first-order chi connectivity index (χ1) is 23.2. The quantitative estimate of drug-likeness (QED) is 0.234. The Bertz CT molecular complexity index is 2500. The Labute approximate surface area is 228 Å². The number of rotatable bonds is 3. The van der Waals surface area contributed by atoms with Crippen molar-refractivity contribution in [2.24, 2.45) is 0 Å². The van der Waals surface area contributed by atoms with Gasteiger partial charge in [-0.05, 0) is 63.4 Å². The predicted molar refractivity (Wildman–Crippen MR) is 152 cm³/mol. The van der Waals surface area contributed by atoms with Crippen molar-refractivity contribution in [3.05, 3.63) is 133 Å². The first-order valence-corrected chi connectivity index (χ1v) is 11.3. The summed E-state index contributed by atoms with van der Waals surface area (Å²) in [6.07, 6.45) is 0. The fourth-order valence-corrected chi connectivity index (χ4v) is 4.85. The Kier molecular flexibility index (Phi) is 2.59. The molecule has 0 fully saturated rings. The second kappa shape index (κ2) is 8.21. The monoisotopic (exact) mass is 473 g/mol. The molecule has 0 unspecified atom stereocenters. The maximum atomic E-state index is 9.22. The van der Waals surface area contributed by atoms with Crippen LogP contribution < -0.4 is 0 Å². The summed E-state index contributed by atoms with van der Waals surface area (Å²) in [6, 6.07) is 5.98. The van der Waals surface area contributed by atoms with Crippen LogP contribution in [-0.4, -0.2) is 9.55 Å². The molecule has 0 N–H and O–H groups in total. The molecule has 6 aromatic carbocycles. The van der Waals surface area contributed by atoms with Crippen molar-refractivity contribution in [2.75, 3.05) is 0 Å². The van der Waals surface area contributed by atoms with Crippen molar-refractivity contribution < 1.29 is 17.8 Å². The number of para-hydroxylation sites is 3. The number of aryl methyl sites for hydroxylation is 1. The van der Waals surface area contributed by atoms with Crippen LogP contribution in [0.3, 0.4) is 0 Å². The summed E-state index contributed by atoms with van der Waals surface area (Å²) in [7, 11) is 0. The zero-order valence-corrected chi connectivity index (χ0v) is 19.0. The maximum Gasteiger partial charge on any atom is 0.111 e. The van der Waals surface area contributed by atoms with Gasteiger partial charge in [0.2, 0.25) is 0 Å². The van der Waals surface area contributed by atoms with Crippen LogP contribution in [0.1, 0.15) is 23.6 Å². The van der Waals surface area contributed by atoms with E-state index in [0.717, 1.165) is 5.52 Å². The Hall–Kier alpha value is -4.69. The number of benzene rings is 6. The molecule has 0 radical (unpaired) electrons. The standard InChI is InChI=1S/C34H24N2/c1-23-35-30-20-10-12-22-32(30)36(23)31-21-11-9-19-29(31)34-27-17-7-5-15-25(27)33(24-13-3-2-4-14-24)26-16-6-8-18-28(26)34/h2-22H,1H3/i2D,3D,4D,5D,6D,7D,8D,13D,14D,15D,16D,17D,18D. The Morgan fingerprint density at radius 3 is 1.86 bits per heavy atom. The third kappa shape index (κ3) is 3.08. The summed E-state index contributed by atoms with van der Waals surface area (Å²) < 4.78 is 116. The van der Waals surface area contributed by atoms with Crippen LogP contribution >= 0.6 is 0 Å². The highest BCUT2D eigenvalue weighted by molar-refractivity contribution is 6.22. The van der Waals surface area contributed by atoms with Crippen molar-refractivity contribution in [3.8, 4) is 27.9 Å². The molecule has 36 heavy (non-hydrogen) atoms. The van der Waals surface area contributed by atoms with E-state index in [9.17, 15) is 2.74 Å². The molecule has 1 heterocycles. The van der Waals surface area contributed by atoms with Gasteiger partial charge in [-0.2, -0.15) is 0 Å². The minimum atomic E-state index is -0.712. The van der Waals surface area contributed by atoms with Gasteiger partial charge in [-0.3, -0.25) is 4.57 Å². The molecular weight excluding hydrogens is 436 g/mol. The van der Waals surface area contributed by atoms with Gasteiger partial charge in [0.05, 0.1) is 34.5 Å². The minimum absolute atomic E-state index is 0.0629. The van der Waals surface area contributed by atoms with Gasteiger partial charge in [0.15, 0.2) is 0 Å². The highest BCUT2D eigenvalue weighted by Gasteiger charge is 2.20. The van der Waals surface area contributed by atoms with Gasteiger partial charge >= 0.3 is 0 Å². The van der Waals surface area contributed by atoms with Crippen molar-refractivity contribution in [1.29, 1.82) is 0 Å². The van der Waals surface area contributed by atoms with E-state index in [2.05, 4.69) is 4.98 Å². The van der Waals surface area contributed by atoms with Gasteiger partial charge < -0.3 is 0 Å². The van der Waals surface area contributed by atoms with E-state index < -0.39 is 84.1 Å². The summed E-state index contributed by atoms with van der Waals surface area (Å²) >= 11 is 0. The fraction of sp³-hybridized carbons (Fsp3) is 0.0294. The molecule has 2 nitrogen and oxygen atoms in total. The summed E-state index contributed by atoms with van der Waals surface area (Å²) in [5.41, 5.74) is 1.57. The van der Waals surface area contributed by atoms with Crippen LogP contribution in [-0.2, 0) is 0 Å². The molecule has 0 aliphatic heterocycles. The van der Waals surface area contributed by atoms with E-state index in [1.165, 1.54) is 0 Å². The van der Waals surface area contributed by atoms with Crippen molar-refractivity contribution in [1.82, 2.24) is 9.55 Å². The Morgan fingerprint density at radius 1 is 0.611 bits per heavy atom. The number of aromatic nitrogens is 2. The largest absolute Gasteiger partial charge is 0.296 e. The van der Waals surface area contributed by atoms with Crippen LogP contribution in [0.5, 0.6) is 0 Å². The third-order valence-electron chi connectivity index (χ3n) is 6.27. The Balaban J connectivity index is 1.85. The average molecular weight is 474 g/mol. The first kappa shape index (κ1) is 11.4. The smallest absolute Gasteiger partial charge is 0.111 e. The van der Waals surface area contributed by atoms with E-state index in [-0.39, 0.29) is 32.7 Å². The van der Waals surface area contributed by atoms with Crippen LogP contribution in [0.15, 0.2) is 127 Å². The number of hydrogen-bond donors (Lipinski definition) is 0. The van der Waals surface area contributed by atoms with Gasteiger partial charge in [-0.1, -0.05) is 109 Å².